The van der Waals surface area contributed by atoms with Gasteiger partial charge in [0.1, 0.15) is 5.60 Å². The largest absolute Gasteiger partial charge is 0.493 e. The van der Waals surface area contributed by atoms with E-state index in [9.17, 15) is 4.79 Å². The summed E-state index contributed by atoms with van der Waals surface area (Å²) >= 11 is 0. The van der Waals surface area contributed by atoms with Crippen LogP contribution in [-0.2, 0) is 11.2 Å². The third-order valence-corrected chi connectivity index (χ3v) is 4.83. The number of rotatable bonds is 7. The first-order valence-electron chi connectivity index (χ1n) is 9.69. The third kappa shape index (κ3) is 6.03. The zero-order chi connectivity index (χ0) is 20.0. The summed E-state index contributed by atoms with van der Waals surface area (Å²) in [5.74, 6) is 1.48. The molecule has 152 valence electrons. The molecule has 1 aliphatic heterocycles. The molecular formula is C21H34N2O4. The van der Waals surface area contributed by atoms with Gasteiger partial charge in [-0.15, -0.1) is 0 Å². The van der Waals surface area contributed by atoms with Gasteiger partial charge in [-0.3, -0.25) is 0 Å². The van der Waals surface area contributed by atoms with E-state index in [-0.39, 0.29) is 18.2 Å². The molecule has 1 N–H and O–H groups in total. The molecule has 0 aliphatic carbocycles. The van der Waals surface area contributed by atoms with Gasteiger partial charge >= 0.3 is 6.09 Å². The molecule has 6 heteroatoms. The number of amides is 1. The lowest BCUT2D eigenvalue weighted by Crippen LogP contribution is -2.49. The Kier molecular flexibility index (Phi) is 7.36. The van der Waals surface area contributed by atoms with Gasteiger partial charge in [0.25, 0.3) is 0 Å². The van der Waals surface area contributed by atoms with Crippen molar-refractivity contribution in [1.82, 2.24) is 10.2 Å². The Bertz CT molecular complexity index is 627. The minimum atomic E-state index is -0.464. The Balaban J connectivity index is 1.87. The third-order valence-electron chi connectivity index (χ3n) is 4.83. The number of nitrogens with one attached hydrogen (secondary N) is 1. The van der Waals surface area contributed by atoms with Crippen molar-refractivity contribution in [2.24, 2.45) is 0 Å². The van der Waals surface area contributed by atoms with Gasteiger partial charge < -0.3 is 24.4 Å². The minimum Gasteiger partial charge on any atom is -0.493 e. The molecule has 1 aromatic carbocycles. The van der Waals surface area contributed by atoms with Crippen molar-refractivity contribution in [2.45, 2.75) is 64.6 Å². The van der Waals surface area contributed by atoms with Crippen LogP contribution in [0.1, 0.15) is 46.1 Å². The molecule has 1 aromatic rings. The van der Waals surface area contributed by atoms with Gasteiger partial charge in [0.15, 0.2) is 11.5 Å². The van der Waals surface area contributed by atoms with Crippen LogP contribution in [0, 0.1) is 0 Å². The highest BCUT2D eigenvalue weighted by atomic mass is 16.6. The van der Waals surface area contributed by atoms with E-state index in [4.69, 9.17) is 14.2 Å². The summed E-state index contributed by atoms with van der Waals surface area (Å²) in [4.78, 5) is 14.3. The summed E-state index contributed by atoms with van der Waals surface area (Å²) in [6.45, 7) is 9.45. The standard InChI is InChI=1S/C21H34N2O4/c1-15(17-8-7-13-23(17)20(24)27-21(2,3)4)22-12-11-16-9-10-18(25-5)19(14-16)26-6/h9-10,14-15,17,22H,7-8,11-13H2,1-6H3. The van der Waals surface area contributed by atoms with Gasteiger partial charge in [0, 0.05) is 12.6 Å². The Morgan fingerprint density at radius 3 is 2.59 bits per heavy atom. The van der Waals surface area contributed by atoms with E-state index in [2.05, 4.69) is 18.3 Å². The molecule has 6 nitrogen and oxygen atoms in total. The maximum absolute atomic E-state index is 12.5. The average Bonchev–Trinajstić information content (AvgIpc) is 3.10. The van der Waals surface area contributed by atoms with Crippen molar-refractivity contribution in [3.05, 3.63) is 23.8 Å². The maximum atomic E-state index is 12.5. The SMILES string of the molecule is COc1ccc(CCNC(C)C2CCCN2C(=O)OC(C)(C)C)cc1OC. The van der Waals surface area contributed by atoms with E-state index < -0.39 is 5.60 Å². The summed E-state index contributed by atoms with van der Waals surface area (Å²) in [7, 11) is 3.28. The molecule has 1 fully saturated rings. The lowest BCUT2D eigenvalue weighted by molar-refractivity contribution is 0.0201. The van der Waals surface area contributed by atoms with Gasteiger partial charge in [-0.25, -0.2) is 4.79 Å². The van der Waals surface area contributed by atoms with Crippen LogP contribution in [0.3, 0.4) is 0 Å². The van der Waals surface area contributed by atoms with Gasteiger partial charge in [-0.05, 0) is 71.2 Å². The van der Waals surface area contributed by atoms with Crippen molar-refractivity contribution in [2.75, 3.05) is 27.3 Å². The molecule has 0 bridgehead atoms. The highest BCUT2D eigenvalue weighted by Crippen LogP contribution is 2.28. The molecular weight excluding hydrogens is 344 g/mol. The number of carbonyl (C=O) groups is 1. The number of likely N-dealkylation sites (tertiary alicyclic amines) is 1. The monoisotopic (exact) mass is 378 g/mol. The molecule has 1 amide bonds. The molecule has 2 rings (SSSR count). The van der Waals surface area contributed by atoms with Gasteiger partial charge in [0.05, 0.1) is 20.3 Å². The topological polar surface area (TPSA) is 60.0 Å². The maximum Gasteiger partial charge on any atom is 0.410 e. The van der Waals surface area contributed by atoms with Crippen LogP contribution in [-0.4, -0.2) is 56.0 Å². The van der Waals surface area contributed by atoms with Crippen LogP contribution in [0.5, 0.6) is 11.5 Å². The van der Waals surface area contributed by atoms with Crippen LogP contribution < -0.4 is 14.8 Å². The first-order chi connectivity index (χ1) is 12.7. The Morgan fingerprint density at radius 1 is 1.26 bits per heavy atom. The minimum absolute atomic E-state index is 0.172. The van der Waals surface area contributed by atoms with Gasteiger partial charge in [-0.1, -0.05) is 6.07 Å². The van der Waals surface area contributed by atoms with Crippen LogP contribution in [0.4, 0.5) is 4.79 Å². The number of hydrogen-bond donors (Lipinski definition) is 1. The summed E-state index contributed by atoms with van der Waals surface area (Å²) in [5.41, 5.74) is 0.719. The lowest BCUT2D eigenvalue weighted by Gasteiger charge is -2.32. The van der Waals surface area contributed by atoms with E-state index in [1.165, 1.54) is 5.56 Å². The van der Waals surface area contributed by atoms with Crippen molar-refractivity contribution < 1.29 is 19.0 Å². The zero-order valence-electron chi connectivity index (χ0n) is 17.5. The van der Waals surface area contributed by atoms with E-state index >= 15 is 0 Å². The van der Waals surface area contributed by atoms with Crippen molar-refractivity contribution in [3.63, 3.8) is 0 Å². The quantitative estimate of drug-likeness (QED) is 0.785. The first-order valence-corrected chi connectivity index (χ1v) is 9.69. The van der Waals surface area contributed by atoms with Crippen LogP contribution in [0.2, 0.25) is 0 Å². The van der Waals surface area contributed by atoms with E-state index in [0.717, 1.165) is 43.9 Å². The zero-order valence-corrected chi connectivity index (χ0v) is 17.5. The summed E-state index contributed by atoms with van der Waals surface area (Å²) in [6, 6.07) is 6.37. The Labute approximate surface area is 163 Å². The molecule has 0 spiro atoms. The number of hydrogen-bond acceptors (Lipinski definition) is 5. The highest BCUT2D eigenvalue weighted by Gasteiger charge is 2.35. The second-order valence-corrected chi connectivity index (χ2v) is 8.07. The van der Waals surface area contributed by atoms with Crippen molar-refractivity contribution in [1.29, 1.82) is 0 Å². The van der Waals surface area contributed by atoms with Crippen molar-refractivity contribution in [3.8, 4) is 11.5 Å². The number of nitrogens with zero attached hydrogens (tertiary/aromatic N) is 1. The molecule has 1 saturated heterocycles. The van der Waals surface area contributed by atoms with Crippen LogP contribution >= 0.6 is 0 Å². The fourth-order valence-corrected chi connectivity index (χ4v) is 3.48. The summed E-state index contributed by atoms with van der Waals surface area (Å²) < 4.78 is 16.2. The Hall–Kier alpha value is -1.95. The molecule has 2 unspecified atom stereocenters. The second kappa shape index (κ2) is 9.31. The van der Waals surface area contributed by atoms with Crippen LogP contribution in [0.15, 0.2) is 18.2 Å². The number of ether oxygens (including phenoxy) is 3. The van der Waals surface area contributed by atoms with Gasteiger partial charge in [0.2, 0.25) is 0 Å². The fourth-order valence-electron chi connectivity index (χ4n) is 3.48. The van der Waals surface area contributed by atoms with E-state index in [1.54, 1.807) is 14.2 Å². The Morgan fingerprint density at radius 2 is 1.96 bits per heavy atom. The predicted octanol–water partition coefficient (Wildman–Crippen LogP) is 3.62. The number of carbonyl (C=O) groups excluding carboxylic acids is 1. The smallest absolute Gasteiger partial charge is 0.410 e. The molecule has 2 atom stereocenters. The van der Waals surface area contributed by atoms with E-state index in [1.807, 2.05) is 37.8 Å². The first kappa shape index (κ1) is 21.4. The van der Waals surface area contributed by atoms with Gasteiger partial charge in [-0.2, -0.15) is 0 Å². The van der Waals surface area contributed by atoms with Crippen molar-refractivity contribution >= 4 is 6.09 Å². The molecule has 27 heavy (non-hydrogen) atoms. The molecule has 1 aliphatic rings. The fraction of sp³-hybridized carbons (Fsp3) is 0.667. The van der Waals surface area contributed by atoms with E-state index in [0.29, 0.717) is 0 Å². The second-order valence-electron chi connectivity index (χ2n) is 8.07. The predicted molar refractivity (Wildman–Crippen MR) is 107 cm³/mol. The molecule has 0 aromatic heterocycles. The molecule has 0 saturated carbocycles. The highest BCUT2D eigenvalue weighted by molar-refractivity contribution is 5.69. The summed E-state index contributed by atoms with van der Waals surface area (Å²) in [5, 5.41) is 3.57. The molecule has 0 radical (unpaired) electrons. The summed E-state index contributed by atoms with van der Waals surface area (Å²) in [6.07, 6.45) is 2.69. The number of benzene rings is 1. The number of methoxy groups -OCH3 is 2. The molecule has 1 heterocycles. The lowest BCUT2D eigenvalue weighted by atomic mass is 10.1. The average molecular weight is 379 g/mol. The normalized spacial score (nSPS) is 18.3. The van der Waals surface area contributed by atoms with Crippen LogP contribution in [0.25, 0.3) is 0 Å².